The number of aliphatic hydroxyl groups is 1. The molecule has 1 aromatic rings. The molecule has 2 N–H and O–H groups in total. The lowest BCUT2D eigenvalue weighted by molar-refractivity contribution is 0.0615. The van der Waals surface area contributed by atoms with Crippen LogP contribution >= 0.6 is 0 Å². The molecular weight excluding hydrogens is 268 g/mol. The van der Waals surface area contributed by atoms with Crippen molar-refractivity contribution in [3.63, 3.8) is 0 Å². The van der Waals surface area contributed by atoms with Crippen LogP contribution in [-0.4, -0.2) is 52.6 Å². The fourth-order valence-electron chi connectivity index (χ4n) is 2.57. The predicted molar refractivity (Wildman–Crippen MR) is 81.4 cm³/mol. The molecule has 6 nitrogen and oxygen atoms in total. The summed E-state index contributed by atoms with van der Waals surface area (Å²) in [5.74, 6) is 0.941. The van der Waals surface area contributed by atoms with Gasteiger partial charge < -0.3 is 15.3 Å². The van der Waals surface area contributed by atoms with Crippen LogP contribution in [0.5, 0.6) is 0 Å². The van der Waals surface area contributed by atoms with E-state index >= 15 is 0 Å². The normalized spacial score (nSPS) is 18.9. The molecule has 1 unspecified atom stereocenters. The number of nitrogens with zero attached hydrogens (tertiary/aromatic N) is 3. The van der Waals surface area contributed by atoms with E-state index in [0.29, 0.717) is 23.8 Å². The number of piperidine rings is 1. The lowest BCUT2D eigenvalue weighted by atomic mass is 9.98. The van der Waals surface area contributed by atoms with Gasteiger partial charge >= 0.3 is 0 Å². The Morgan fingerprint density at radius 2 is 2.33 bits per heavy atom. The molecule has 1 amide bonds. The monoisotopic (exact) mass is 292 g/mol. The third-order valence-corrected chi connectivity index (χ3v) is 3.86. The van der Waals surface area contributed by atoms with Gasteiger partial charge in [0.25, 0.3) is 5.91 Å². The van der Waals surface area contributed by atoms with Crippen molar-refractivity contribution >= 4 is 11.6 Å². The summed E-state index contributed by atoms with van der Waals surface area (Å²) < 4.78 is 0. The van der Waals surface area contributed by atoms with E-state index < -0.39 is 0 Å². The van der Waals surface area contributed by atoms with Crippen LogP contribution in [0.15, 0.2) is 6.20 Å². The molecule has 1 atom stereocenters. The molecule has 0 aromatic carbocycles. The van der Waals surface area contributed by atoms with Gasteiger partial charge in [0.2, 0.25) is 0 Å². The minimum absolute atomic E-state index is 0.0817. The van der Waals surface area contributed by atoms with E-state index in [1.165, 1.54) is 0 Å². The van der Waals surface area contributed by atoms with Crippen LogP contribution in [0.2, 0.25) is 0 Å². The van der Waals surface area contributed by atoms with Gasteiger partial charge in [-0.1, -0.05) is 13.8 Å². The summed E-state index contributed by atoms with van der Waals surface area (Å²) in [6.07, 6.45) is 3.57. The second-order valence-electron chi connectivity index (χ2n) is 5.84. The number of rotatable bonds is 4. The Hall–Kier alpha value is -1.69. The highest BCUT2D eigenvalue weighted by atomic mass is 16.3. The first-order chi connectivity index (χ1) is 10.1. The molecule has 1 fully saturated rings. The summed E-state index contributed by atoms with van der Waals surface area (Å²) in [5.41, 5.74) is 1.07. The van der Waals surface area contributed by atoms with E-state index in [1.54, 1.807) is 18.1 Å². The summed E-state index contributed by atoms with van der Waals surface area (Å²) in [7, 11) is 1.76. The van der Waals surface area contributed by atoms with E-state index in [4.69, 9.17) is 0 Å². The molecule has 1 aliphatic rings. The number of carbonyl (C=O) groups is 1. The van der Waals surface area contributed by atoms with E-state index in [0.717, 1.165) is 19.4 Å². The number of nitrogens with one attached hydrogen (secondary N) is 1. The molecule has 0 bridgehead atoms. The first kappa shape index (κ1) is 15.7. The summed E-state index contributed by atoms with van der Waals surface area (Å²) >= 11 is 0. The zero-order chi connectivity index (χ0) is 15.4. The zero-order valence-electron chi connectivity index (χ0n) is 13.0. The van der Waals surface area contributed by atoms with Gasteiger partial charge in [-0.3, -0.25) is 4.79 Å². The van der Waals surface area contributed by atoms with Crippen LogP contribution < -0.4 is 5.32 Å². The van der Waals surface area contributed by atoms with Crippen LogP contribution in [0.25, 0.3) is 0 Å². The molecule has 1 saturated heterocycles. The molecule has 0 aliphatic carbocycles. The Morgan fingerprint density at radius 1 is 1.57 bits per heavy atom. The summed E-state index contributed by atoms with van der Waals surface area (Å²) in [5, 5.41) is 12.3. The maximum atomic E-state index is 12.7. The average Bonchev–Trinajstić information content (AvgIpc) is 2.53. The topological polar surface area (TPSA) is 78.4 Å². The third kappa shape index (κ3) is 3.50. The van der Waals surface area contributed by atoms with Gasteiger partial charge in [0.1, 0.15) is 5.82 Å². The fourth-order valence-corrected chi connectivity index (χ4v) is 2.57. The molecule has 21 heavy (non-hydrogen) atoms. The van der Waals surface area contributed by atoms with Gasteiger partial charge in [-0.15, -0.1) is 0 Å². The van der Waals surface area contributed by atoms with Crippen LogP contribution in [0, 0.1) is 5.92 Å². The van der Waals surface area contributed by atoms with Gasteiger partial charge in [0.05, 0.1) is 11.9 Å². The average molecular weight is 292 g/mol. The highest BCUT2D eigenvalue weighted by Gasteiger charge is 2.27. The van der Waals surface area contributed by atoms with E-state index in [2.05, 4.69) is 15.3 Å². The molecule has 0 spiro atoms. The lowest BCUT2D eigenvalue weighted by Crippen LogP contribution is -2.41. The Bertz CT molecular complexity index is 504. The molecule has 6 heteroatoms. The second-order valence-corrected chi connectivity index (χ2v) is 5.84. The quantitative estimate of drug-likeness (QED) is 0.879. The van der Waals surface area contributed by atoms with Gasteiger partial charge in [0, 0.05) is 32.7 Å². The van der Waals surface area contributed by atoms with Crippen molar-refractivity contribution in [2.24, 2.45) is 5.92 Å². The first-order valence-corrected chi connectivity index (χ1v) is 7.51. The Labute approximate surface area is 125 Å². The number of aliphatic hydroxyl groups excluding tert-OH is 1. The van der Waals surface area contributed by atoms with Gasteiger partial charge in [-0.2, -0.15) is 0 Å². The Balaban J connectivity index is 2.26. The fraction of sp³-hybridized carbons (Fsp3) is 0.667. The number of anilines is 1. The van der Waals surface area contributed by atoms with E-state index in [1.807, 2.05) is 13.8 Å². The van der Waals surface area contributed by atoms with E-state index in [-0.39, 0.29) is 24.3 Å². The number of likely N-dealkylation sites (tertiary alicyclic amines) is 1. The number of hydrogen-bond acceptors (Lipinski definition) is 5. The molecule has 2 heterocycles. The third-order valence-electron chi connectivity index (χ3n) is 3.86. The SMILES string of the molecule is CNc1cnc(C(C)C)nc1C(=O)N1CCCC(CO)C1. The highest BCUT2D eigenvalue weighted by Crippen LogP contribution is 2.21. The highest BCUT2D eigenvalue weighted by molar-refractivity contribution is 5.97. The van der Waals surface area contributed by atoms with Crippen molar-refractivity contribution in [2.75, 3.05) is 32.1 Å². The maximum absolute atomic E-state index is 12.7. The minimum Gasteiger partial charge on any atom is -0.396 e. The number of carbonyl (C=O) groups excluding carboxylic acids is 1. The van der Waals surface area contributed by atoms with Gasteiger partial charge in [-0.25, -0.2) is 9.97 Å². The number of hydrogen-bond donors (Lipinski definition) is 2. The molecule has 1 aliphatic heterocycles. The molecule has 116 valence electrons. The summed E-state index contributed by atoms with van der Waals surface area (Å²) in [6.45, 7) is 5.46. The Morgan fingerprint density at radius 3 is 2.95 bits per heavy atom. The molecular formula is C15H24N4O2. The van der Waals surface area contributed by atoms with Crippen molar-refractivity contribution in [3.05, 3.63) is 17.7 Å². The van der Waals surface area contributed by atoms with Crippen molar-refractivity contribution in [3.8, 4) is 0 Å². The first-order valence-electron chi connectivity index (χ1n) is 7.51. The standard InChI is InChI=1S/C15H24N4O2/c1-10(2)14-17-7-12(16-3)13(18-14)15(21)19-6-4-5-11(8-19)9-20/h7,10-11,16,20H,4-6,8-9H2,1-3H3. The van der Waals surface area contributed by atoms with Crippen molar-refractivity contribution in [1.29, 1.82) is 0 Å². The lowest BCUT2D eigenvalue weighted by Gasteiger charge is -2.32. The van der Waals surface area contributed by atoms with Crippen LogP contribution in [0.4, 0.5) is 5.69 Å². The summed E-state index contributed by atoms with van der Waals surface area (Å²) in [4.78, 5) is 23.2. The van der Waals surface area contributed by atoms with Crippen molar-refractivity contribution in [1.82, 2.24) is 14.9 Å². The summed E-state index contributed by atoms with van der Waals surface area (Å²) in [6, 6.07) is 0. The van der Waals surface area contributed by atoms with Crippen molar-refractivity contribution < 1.29 is 9.90 Å². The van der Waals surface area contributed by atoms with Crippen LogP contribution in [0.1, 0.15) is 48.9 Å². The molecule has 1 aromatic heterocycles. The second kappa shape index (κ2) is 6.85. The zero-order valence-corrected chi connectivity index (χ0v) is 13.0. The maximum Gasteiger partial charge on any atom is 0.274 e. The number of aromatic nitrogens is 2. The minimum atomic E-state index is -0.0817. The molecule has 2 rings (SSSR count). The predicted octanol–water partition coefficient (Wildman–Crippen LogP) is 1.49. The van der Waals surface area contributed by atoms with Crippen LogP contribution in [0.3, 0.4) is 0 Å². The van der Waals surface area contributed by atoms with Crippen molar-refractivity contribution in [2.45, 2.75) is 32.6 Å². The molecule has 0 saturated carbocycles. The Kier molecular flexibility index (Phi) is 5.12. The smallest absolute Gasteiger partial charge is 0.274 e. The number of amides is 1. The van der Waals surface area contributed by atoms with Crippen LogP contribution in [-0.2, 0) is 0 Å². The molecule has 0 radical (unpaired) electrons. The largest absolute Gasteiger partial charge is 0.396 e. The van der Waals surface area contributed by atoms with E-state index in [9.17, 15) is 9.90 Å². The van der Waals surface area contributed by atoms with Gasteiger partial charge in [0.15, 0.2) is 5.69 Å². The van der Waals surface area contributed by atoms with Gasteiger partial charge in [-0.05, 0) is 18.8 Å².